The van der Waals surface area contributed by atoms with Crippen molar-refractivity contribution in [1.82, 2.24) is 5.32 Å². The molecule has 2 aromatic rings. The van der Waals surface area contributed by atoms with Gasteiger partial charge in [-0.05, 0) is 48.2 Å². The maximum Gasteiger partial charge on any atom is 0.255 e. The highest BCUT2D eigenvalue weighted by Gasteiger charge is 2.25. The number of halogens is 2. The molecule has 0 aliphatic heterocycles. The Morgan fingerprint density at radius 2 is 1.96 bits per heavy atom. The number of carbonyl (C=O) groups excluding carboxylic acids is 1. The number of carbonyl (C=O) groups is 1. The second kappa shape index (κ2) is 5.53. The Kier molecular flexibility index (Phi) is 3.46. The van der Waals surface area contributed by atoms with Gasteiger partial charge in [-0.1, -0.05) is 23.8 Å². The van der Waals surface area contributed by atoms with E-state index >= 15 is 0 Å². The SMILES string of the molecule is NC1CC2=c3c(cccc3=C1NC(=O)c1ccc(F)c(F)c1)CC2. The zero-order chi connectivity index (χ0) is 16.8. The van der Waals surface area contributed by atoms with E-state index < -0.39 is 17.5 Å². The fourth-order valence-electron chi connectivity index (χ4n) is 3.62. The van der Waals surface area contributed by atoms with E-state index in [0.717, 1.165) is 30.2 Å². The van der Waals surface area contributed by atoms with Crippen LogP contribution >= 0.6 is 0 Å². The molecule has 1 unspecified atom stereocenters. The summed E-state index contributed by atoms with van der Waals surface area (Å²) in [6.07, 6.45) is 2.71. The van der Waals surface area contributed by atoms with Crippen LogP contribution in [0.4, 0.5) is 8.78 Å². The molecule has 4 rings (SSSR count). The average molecular weight is 326 g/mol. The maximum absolute atomic E-state index is 13.4. The molecule has 2 aliphatic carbocycles. The lowest BCUT2D eigenvalue weighted by molar-refractivity contribution is 0.0971. The minimum absolute atomic E-state index is 0.0657. The maximum atomic E-state index is 13.4. The Hall–Kier alpha value is -2.53. The van der Waals surface area contributed by atoms with Crippen molar-refractivity contribution in [3.63, 3.8) is 0 Å². The quantitative estimate of drug-likeness (QED) is 0.875. The lowest BCUT2D eigenvalue weighted by atomic mass is 9.94. The third-order valence-electron chi connectivity index (χ3n) is 4.76. The molecule has 0 heterocycles. The lowest BCUT2D eigenvalue weighted by Gasteiger charge is -2.22. The molecule has 0 bridgehead atoms. The minimum atomic E-state index is -1.04. The van der Waals surface area contributed by atoms with Gasteiger partial charge in [-0.2, -0.15) is 0 Å². The Labute approximate surface area is 137 Å². The first-order valence-electron chi connectivity index (χ1n) is 7.91. The zero-order valence-corrected chi connectivity index (χ0v) is 12.9. The van der Waals surface area contributed by atoms with E-state index in [1.165, 1.54) is 22.4 Å². The second-order valence-electron chi connectivity index (χ2n) is 6.25. The van der Waals surface area contributed by atoms with E-state index in [4.69, 9.17) is 5.73 Å². The molecule has 0 spiro atoms. The van der Waals surface area contributed by atoms with E-state index in [-0.39, 0.29) is 11.6 Å². The highest BCUT2D eigenvalue weighted by atomic mass is 19.2. The van der Waals surface area contributed by atoms with E-state index in [9.17, 15) is 13.6 Å². The molecular formula is C19H16F2N2O. The summed E-state index contributed by atoms with van der Waals surface area (Å²) >= 11 is 0. The van der Waals surface area contributed by atoms with Crippen LogP contribution in [-0.4, -0.2) is 11.9 Å². The van der Waals surface area contributed by atoms with Crippen LogP contribution < -0.4 is 21.5 Å². The van der Waals surface area contributed by atoms with Crippen LogP contribution in [0.5, 0.6) is 0 Å². The van der Waals surface area contributed by atoms with Crippen molar-refractivity contribution in [1.29, 1.82) is 0 Å². The molecule has 1 amide bonds. The fourth-order valence-corrected chi connectivity index (χ4v) is 3.62. The van der Waals surface area contributed by atoms with Crippen LogP contribution in [0.15, 0.2) is 36.4 Å². The van der Waals surface area contributed by atoms with E-state index in [1.54, 1.807) is 0 Å². The Morgan fingerprint density at radius 1 is 1.12 bits per heavy atom. The number of hydrogen-bond donors (Lipinski definition) is 2. The van der Waals surface area contributed by atoms with Gasteiger partial charge in [0, 0.05) is 22.5 Å². The van der Waals surface area contributed by atoms with Crippen molar-refractivity contribution in [2.45, 2.75) is 25.3 Å². The number of amides is 1. The third kappa shape index (κ3) is 2.32. The van der Waals surface area contributed by atoms with E-state index in [0.29, 0.717) is 12.1 Å². The minimum Gasteiger partial charge on any atom is -0.324 e. The molecule has 0 saturated carbocycles. The number of hydrogen-bond acceptors (Lipinski definition) is 2. The van der Waals surface area contributed by atoms with Crippen LogP contribution in [0.1, 0.15) is 28.8 Å². The summed E-state index contributed by atoms with van der Waals surface area (Å²) in [5.74, 6) is -2.51. The Bertz CT molecular complexity index is 981. The molecule has 2 aromatic carbocycles. The molecule has 122 valence electrons. The predicted octanol–water partition coefficient (Wildman–Crippen LogP) is 1.33. The Morgan fingerprint density at radius 3 is 2.75 bits per heavy atom. The molecule has 1 atom stereocenters. The number of rotatable bonds is 2. The van der Waals surface area contributed by atoms with Crippen LogP contribution in [0, 0.1) is 11.6 Å². The van der Waals surface area contributed by atoms with Gasteiger partial charge in [0.05, 0.1) is 0 Å². The third-order valence-corrected chi connectivity index (χ3v) is 4.76. The summed E-state index contributed by atoms with van der Waals surface area (Å²) < 4.78 is 26.4. The van der Waals surface area contributed by atoms with Gasteiger partial charge in [0.1, 0.15) is 0 Å². The van der Waals surface area contributed by atoms with Gasteiger partial charge in [0.25, 0.3) is 5.91 Å². The largest absolute Gasteiger partial charge is 0.324 e. The van der Waals surface area contributed by atoms with Crippen molar-refractivity contribution in [3.05, 3.63) is 69.6 Å². The van der Waals surface area contributed by atoms with Crippen molar-refractivity contribution >= 4 is 17.2 Å². The first-order chi connectivity index (χ1) is 11.5. The molecule has 0 aromatic heterocycles. The fraction of sp³-hybridized carbons (Fsp3) is 0.211. The second-order valence-corrected chi connectivity index (χ2v) is 6.25. The van der Waals surface area contributed by atoms with Crippen LogP contribution in [0.25, 0.3) is 11.3 Å². The zero-order valence-electron chi connectivity index (χ0n) is 12.9. The van der Waals surface area contributed by atoms with Gasteiger partial charge >= 0.3 is 0 Å². The van der Waals surface area contributed by atoms with Crippen LogP contribution in [0.2, 0.25) is 0 Å². The summed E-state index contributed by atoms with van der Waals surface area (Å²) in [5.41, 5.74) is 9.57. The molecule has 2 aliphatic rings. The summed E-state index contributed by atoms with van der Waals surface area (Å²) in [6, 6.07) is 8.79. The normalized spacial score (nSPS) is 18.5. The highest BCUT2D eigenvalue weighted by Crippen LogP contribution is 2.22. The number of benzene rings is 2. The summed E-state index contributed by atoms with van der Waals surface area (Å²) in [4.78, 5) is 12.4. The molecule has 24 heavy (non-hydrogen) atoms. The number of nitrogens with one attached hydrogen (secondary N) is 1. The Balaban J connectivity index is 1.79. The van der Waals surface area contributed by atoms with E-state index in [2.05, 4.69) is 11.4 Å². The summed E-state index contributed by atoms with van der Waals surface area (Å²) in [6.45, 7) is 0. The number of aryl methyl sites for hydroxylation is 1. The molecule has 3 nitrogen and oxygen atoms in total. The van der Waals surface area contributed by atoms with Crippen LogP contribution in [-0.2, 0) is 6.42 Å². The van der Waals surface area contributed by atoms with Gasteiger partial charge < -0.3 is 11.1 Å². The van der Waals surface area contributed by atoms with Crippen molar-refractivity contribution < 1.29 is 13.6 Å². The molecule has 0 radical (unpaired) electrons. The van der Waals surface area contributed by atoms with Gasteiger partial charge in [0.2, 0.25) is 0 Å². The van der Waals surface area contributed by atoms with Gasteiger partial charge in [0.15, 0.2) is 11.6 Å². The van der Waals surface area contributed by atoms with Crippen molar-refractivity contribution in [3.8, 4) is 0 Å². The van der Waals surface area contributed by atoms with Crippen molar-refractivity contribution in [2.75, 3.05) is 0 Å². The van der Waals surface area contributed by atoms with Gasteiger partial charge in [-0.15, -0.1) is 0 Å². The first kappa shape index (κ1) is 15.0. The molecular weight excluding hydrogens is 310 g/mol. The molecule has 3 N–H and O–H groups in total. The van der Waals surface area contributed by atoms with E-state index in [1.807, 2.05) is 12.1 Å². The summed E-state index contributed by atoms with van der Waals surface area (Å²) in [5, 5.41) is 4.95. The van der Waals surface area contributed by atoms with Gasteiger partial charge in [-0.25, -0.2) is 8.78 Å². The van der Waals surface area contributed by atoms with Crippen molar-refractivity contribution in [2.24, 2.45) is 5.73 Å². The highest BCUT2D eigenvalue weighted by molar-refractivity contribution is 5.98. The first-order valence-corrected chi connectivity index (χ1v) is 7.91. The summed E-state index contributed by atoms with van der Waals surface area (Å²) in [7, 11) is 0. The monoisotopic (exact) mass is 326 g/mol. The number of nitrogens with two attached hydrogens (primary N) is 1. The molecule has 0 saturated heterocycles. The molecule has 0 fully saturated rings. The van der Waals surface area contributed by atoms with Crippen LogP contribution in [0.3, 0.4) is 0 Å². The predicted molar refractivity (Wildman–Crippen MR) is 87.2 cm³/mol. The lowest BCUT2D eigenvalue weighted by Crippen LogP contribution is -2.46. The topological polar surface area (TPSA) is 55.1 Å². The standard InChI is InChI=1S/C19H16F2N2O/c20-14-7-6-12(8-15(14)21)19(24)23-18-13-3-1-2-10-4-5-11(17(10)13)9-16(18)22/h1-3,6-8,16H,4-5,9,22H2,(H,23,24). The average Bonchev–Trinajstić information content (AvgIpc) is 2.98. The van der Waals surface area contributed by atoms with Gasteiger partial charge in [-0.3, -0.25) is 4.79 Å². The smallest absolute Gasteiger partial charge is 0.255 e. The molecule has 5 heteroatoms.